The minimum Gasteiger partial charge on any atom is -0.478 e. The number of nitrogens with one attached hydrogen (secondary N) is 1. The Kier molecular flexibility index (Phi) is 9.23. The van der Waals surface area contributed by atoms with Gasteiger partial charge < -0.3 is 15.5 Å². The van der Waals surface area contributed by atoms with Gasteiger partial charge in [-0.1, -0.05) is 18.2 Å². The molecule has 29 heavy (non-hydrogen) atoms. The Morgan fingerprint density at radius 2 is 1.83 bits per heavy atom. The zero-order valence-electron chi connectivity index (χ0n) is 15.5. The van der Waals surface area contributed by atoms with Crippen LogP contribution in [0.4, 0.5) is 18.9 Å². The summed E-state index contributed by atoms with van der Waals surface area (Å²) in [7, 11) is 0. The van der Waals surface area contributed by atoms with Gasteiger partial charge in [-0.25, -0.2) is 4.79 Å². The average Bonchev–Trinajstić information content (AvgIpc) is 2.66. The molecule has 0 aliphatic heterocycles. The van der Waals surface area contributed by atoms with E-state index in [1.165, 1.54) is 18.2 Å². The van der Waals surface area contributed by atoms with Gasteiger partial charge in [-0.2, -0.15) is 13.2 Å². The summed E-state index contributed by atoms with van der Waals surface area (Å²) in [5, 5.41) is 30.2. The molecule has 0 spiro atoms. The van der Waals surface area contributed by atoms with Gasteiger partial charge in [0.15, 0.2) is 0 Å². The Morgan fingerprint density at radius 1 is 1.21 bits per heavy atom. The van der Waals surface area contributed by atoms with Crippen molar-refractivity contribution in [3.63, 3.8) is 0 Å². The van der Waals surface area contributed by atoms with Crippen LogP contribution in [-0.4, -0.2) is 40.3 Å². The summed E-state index contributed by atoms with van der Waals surface area (Å²) in [6.45, 7) is 2.34. The van der Waals surface area contributed by atoms with Crippen molar-refractivity contribution < 1.29 is 33.1 Å². The second-order valence-corrected chi connectivity index (χ2v) is 6.09. The second kappa shape index (κ2) is 11.1. The number of carboxylic acid groups (broad SMARTS) is 1. The van der Waals surface area contributed by atoms with Crippen molar-refractivity contribution in [1.82, 2.24) is 5.32 Å². The van der Waals surface area contributed by atoms with E-state index in [1.807, 2.05) is 6.92 Å². The minimum atomic E-state index is -4.29. The maximum atomic E-state index is 12.5. The van der Waals surface area contributed by atoms with Gasteiger partial charge in [0.05, 0.1) is 22.7 Å². The van der Waals surface area contributed by atoms with Crippen LogP contribution < -0.4 is 5.32 Å². The molecule has 0 amide bonds. The molecule has 0 aromatic heterocycles. The van der Waals surface area contributed by atoms with Gasteiger partial charge >= 0.3 is 12.1 Å². The molecule has 2 rings (SSSR count). The molecule has 1 unspecified atom stereocenters. The molecule has 10 heteroatoms. The molecule has 2 aromatic carbocycles. The summed E-state index contributed by atoms with van der Waals surface area (Å²) in [5.41, 5.74) is -0.0530. The molecule has 1 atom stereocenters. The quantitative estimate of drug-likeness (QED) is 0.472. The number of aliphatic hydroxyl groups excluding tert-OH is 1. The topological polar surface area (TPSA) is 113 Å². The monoisotopic (exact) mass is 414 g/mol. The van der Waals surface area contributed by atoms with Crippen molar-refractivity contribution in [2.75, 3.05) is 13.2 Å². The van der Waals surface area contributed by atoms with Crippen molar-refractivity contribution >= 4 is 11.7 Å². The Bertz CT molecular complexity index is 777. The van der Waals surface area contributed by atoms with Crippen LogP contribution in [0.5, 0.6) is 0 Å². The first kappa shape index (κ1) is 24.1. The Balaban J connectivity index is 0.000000308. The molecule has 7 nitrogen and oxygen atoms in total. The number of hydrogen-bond donors (Lipinski definition) is 3. The minimum absolute atomic E-state index is 0.0208. The first-order valence-electron chi connectivity index (χ1n) is 8.52. The fraction of sp³-hybridized carbons (Fsp3) is 0.316. The summed E-state index contributed by atoms with van der Waals surface area (Å²) in [5.74, 6) is -1.09. The van der Waals surface area contributed by atoms with E-state index in [4.69, 9.17) is 10.2 Å². The molecule has 0 saturated heterocycles. The Hall–Kier alpha value is -2.98. The summed E-state index contributed by atoms with van der Waals surface area (Å²) in [4.78, 5) is 19.9. The SMILES string of the molecule is CC(Cc1cccc(C(F)(F)F)c1)NCCO.O=C(O)c1ccc([N+](=O)[O-])cc1. The molecular weight excluding hydrogens is 393 g/mol. The van der Waals surface area contributed by atoms with Gasteiger partial charge in [-0.15, -0.1) is 0 Å². The maximum absolute atomic E-state index is 12.5. The number of aliphatic hydroxyl groups is 1. The number of carbonyl (C=O) groups is 1. The summed E-state index contributed by atoms with van der Waals surface area (Å²) in [6, 6.07) is 10.1. The molecule has 158 valence electrons. The molecule has 2 aromatic rings. The number of carboxylic acids is 1. The lowest BCUT2D eigenvalue weighted by Crippen LogP contribution is -2.30. The highest BCUT2D eigenvalue weighted by Gasteiger charge is 2.30. The maximum Gasteiger partial charge on any atom is 0.416 e. The first-order valence-corrected chi connectivity index (χ1v) is 8.52. The molecule has 0 heterocycles. The molecule has 0 bridgehead atoms. The van der Waals surface area contributed by atoms with Gasteiger partial charge in [0.2, 0.25) is 0 Å². The number of aromatic carboxylic acids is 1. The standard InChI is InChI=1S/C12H16F3NO.C7H5NO4/c1-9(16-5-6-17)7-10-3-2-4-11(8-10)12(13,14)15;9-7(10)5-1-3-6(4-2-5)8(11)12/h2-4,8-9,16-17H,5-7H2,1H3;1-4H,(H,9,10). The van der Waals surface area contributed by atoms with E-state index in [0.29, 0.717) is 18.5 Å². The Morgan fingerprint density at radius 3 is 2.31 bits per heavy atom. The van der Waals surface area contributed by atoms with E-state index in [1.54, 1.807) is 6.07 Å². The number of alkyl halides is 3. The van der Waals surface area contributed by atoms with Crippen molar-refractivity contribution in [1.29, 1.82) is 0 Å². The number of nitro benzene ring substituents is 1. The molecule has 0 saturated carbocycles. The number of benzene rings is 2. The number of hydrogen-bond acceptors (Lipinski definition) is 5. The van der Waals surface area contributed by atoms with Gasteiger partial charge in [0.1, 0.15) is 0 Å². The van der Waals surface area contributed by atoms with Crippen LogP contribution in [-0.2, 0) is 12.6 Å². The molecule has 3 N–H and O–H groups in total. The highest BCUT2D eigenvalue weighted by atomic mass is 19.4. The van der Waals surface area contributed by atoms with Crippen LogP contribution in [0.1, 0.15) is 28.4 Å². The highest BCUT2D eigenvalue weighted by Crippen LogP contribution is 2.29. The number of rotatable bonds is 7. The fourth-order valence-electron chi connectivity index (χ4n) is 2.34. The predicted molar refractivity (Wildman–Crippen MR) is 99.8 cm³/mol. The molecule has 0 fully saturated rings. The van der Waals surface area contributed by atoms with Crippen molar-refractivity contribution in [3.8, 4) is 0 Å². The van der Waals surface area contributed by atoms with E-state index < -0.39 is 22.6 Å². The predicted octanol–water partition coefficient (Wildman–Crippen LogP) is 3.51. The first-order chi connectivity index (χ1) is 13.5. The third kappa shape index (κ3) is 8.71. The third-order valence-corrected chi connectivity index (χ3v) is 3.73. The van der Waals surface area contributed by atoms with Gasteiger partial charge in [-0.3, -0.25) is 10.1 Å². The van der Waals surface area contributed by atoms with E-state index in [-0.39, 0.29) is 23.9 Å². The van der Waals surface area contributed by atoms with Gasteiger partial charge in [-0.05, 0) is 37.1 Å². The number of nitro groups is 1. The summed E-state index contributed by atoms with van der Waals surface area (Å²) in [6.07, 6.45) is -3.79. The summed E-state index contributed by atoms with van der Waals surface area (Å²) < 4.78 is 37.4. The lowest BCUT2D eigenvalue weighted by atomic mass is 10.0. The molecule has 0 aliphatic carbocycles. The number of nitrogens with zero attached hydrogens (tertiary/aromatic N) is 1. The smallest absolute Gasteiger partial charge is 0.416 e. The number of halogens is 3. The zero-order chi connectivity index (χ0) is 22.0. The van der Waals surface area contributed by atoms with Crippen molar-refractivity contribution in [3.05, 3.63) is 75.3 Å². The fourth-order valence-corrected chi connectivity index (χ4v) is 2.34. The third-order valence-electron chi connectivity index (χ3n) is 3.73. The van der Waals surface area contributed by atoms with Crippen LogP contribution in [0.25, 0.3) is 0 Å². The number of non-ortho nitro benzene ring substituents is 1. The molecule has 0 aliphatic rings. The van der Waals surface area contributed by atoms with Crippen LogP contribution in [0, 0.1) is 10.1 Å². The average molecular weight is 414 g/mol. The van der Waals surface area contributed by atoms with Crippen LogP contribution >= 0.6 is 0 Å². The van der Waals surface area contributed by atoms with Crippen LogP contribution in [0.2, 0.25) is 0 Å². The summed E-state index contributed by atoms with van der Waals surface area (Å²) >= 11 is 0. The lowest BCUT2D eigenvalue weighted by molar-refractivity contribution is -0.384. The molecular formula is C19H21F3N2O5. The van der Waals surface area contributed by atoms with E-state index in [2.05, 4.69) is 5.32 Å². The largest absolute Gasteiger partial charge is 0.478 e. The van der Waals surface area contributed by atoms with E-state index >= 15 is 0 Å². The van der Waals surface area contributed by atoms with E-state index in [0.717, 1.165) is 24.3 Å². The van der Waals surface area contributed by atoms with E-state index in [9.17, 15) is 28.1 Å². The highest BCUT2D eigenvalue weighted by molar-refractivity contribution is 5.87. The van der Waals surface area contributed by atoms with Crippen LogP contribution in [0.15, 0.2) is 48.5 Å². The van der Waals surface area contributed by atoms with Gasteiger partial charge in [0.25, 0.3) is 5.69 Å². The van der Waals surface area contributed by atoms with Gasteiger partial charge in [0, 0.05) is 24.7 Å². The molecule has 0 radical (unpaired) electrons. The second-order valence-electron chi connectivity index (χ2n) is 6.09. The normalized spacial score (nSPS) is 11.9. The zero-order valence-corrected chi connectivity index (χ0v) is 15.5. The lowest BCUT2D eigenvalue weighted by Gasteiger charge is -2.14. The Labute approximate surface area is 164 Å². The van der Waals surface area contributed by atoms with Crippen molar-refractivity contribution in [2.24, 2.45) is 0 Å². The van der Waals surface area contributed by atoms with Crippen LogP contribution in [0.3, 0.4) is 0 Å². The van der Waals surface area contributed by atoms with Crippen molar-refractivity contribution in [2.45, 2.75) is 25.6 Å².